The molecule has 3 rings (SSSR count). The molecule has 1 aliphatic heterocycles. The number of hydrogen-bond acceptors (Lipinski definition) is 7. The molecule has 0 spiro atoms. The highest BCUT2D eigenvalue weighted by atomic mass is 32.2. The van der Waals surface area contributed by atoms with E-state index in [1.54, 1.807) is 31.2 Å². The number of nitrogens with one attached hydrogen (secondary N) is 2. The Hall–Kier alpha value is -3.77. The maximum atomic E-state index is 13.1. The molecule has 8 nitrogen and oxygen atoms in total. The van der Waals surface area contributed by atoms with Crippen molar-refractivity contribution in [3.05, 3.63) is 69.8 Å². The van der Waals surface area contributed by atoms with Crippen molar-refractivity contribution in [1.29, 1.82) is 5.26 Å². The van der Waals surface area contributed by atoms with Gasteiger partial charge in [0.05, 0.1) is 36.1 Å². The van der Waals surface area contributed by atoms with Crippen LogP contribution in [0.2, 0.25) is 0 Å². The Morgan fingerprint density at radius 3 is 2.57 bits per heavy atom. The Morgan fingerprint density at radius 1 is 1.17 bits per heavy atom. The molecule has 35 heavy (non-hydrogen) atoms. The number of benzene rings is 2. The molecule has 182 valence electrons. The summed E-state index contributed by atoms with van der Waals surface area (Å²) in [5, 5.41) is 15.8. The monoisotopic (exact) mass is 493 g/mol. The number of nitriles is 1. The number of rotatable bonds is 8. The third-order valence-electron chi connectivity index (χ3n) is 5.68. The number of anilines is 1. The molecule has 2 N–H and O–H groups in total. The lowest BCUT2D eigenvalue weighted by Crippen LogP contribution is -2.44. The minimum atomic E-state index is -1.27. The normalized spacial score (nSPS) is 17.3. The molecule has 0 aromatic heterocycles. The van der Waals surface area contributed by atoms with E-state index in [0.29, 0.717) is 17.0 Å². The molecule has 2 aromatic rings. The molecule has 2 atom stereocenters. The fourth-order valence-electron chi connectivity index (χ4n) is 3.84. The minimum Gasteiger partial charge on any atom is -0.496 e. The first-order valence-electron chi connectivity index (χ1n) is 11.0. The highest BCUT2D eigenvalue weighted by Crippen LogP contribution is 2.43. The standard InChI is InChI=1S/C26H27N3O5S/c1-5-34-26(32)23-22(18-8-6-7-9-20(18)33-4)19(13-27)25(29-24(23)31)35-14-21(30)28-17-11-10-15(2)16(3)12-17/h6-12,22-23H,5,14H2,1-4H3,(H,28,30)(H,29,31)/t22-,23-/m1/s1. The Morgan fingerprint density at radius 2 is 1.91 bits per heavy atom. The Labute approximate surface area is 208 Å². The third-order valence-corrected chi connectivity index (χ3v) is 6.70. The van der Waals surface area contributed by atoms with E-state index in [9.17, 15) is 19.6 Å². The Balaban J connectivity index is 1.92. The van der Waals surface area contributed by atoms with E-state index in [1.165, 1.54) is 7.11 Å². The summed E-state index contributed by atoms with van der Waals surface area (Å²) >= 11 is 1.03. The Kier molecular flexibility index (Phi) is 8.55. The first-order chi connectivity index (χ1) is 16.8. The number of thioether (sulfide) groups is 1. The molecule has 1 heterocycles. The van der Waals surface area contributed by atoms with Crippen LogP contribution in [0.1, 0.15) is 29.5 Å². The maximum absolute atomic E-state index is 13.1. The van der Waals surface area contributed by atoms with Crippen molar-refractivity contribution in [2.24, 2.45) is 5.92 Å². The van der Waals surface area contributed by atoms with E-state index in [-0.39, 0.29) is 28.9 Å². The van der Waals surface area contributed by atoms with Gasteiger partial charge in [0, 0.05) is 17.2 Å². The van der Waals surface area contributed by atoms with E-state index in [4.69, 9.17) is 9.47 Å². The van der Waals surface area contributed by atoms with Gasteiger partial charge in [-0.2, -0.15) is 5.26 Å². The second-order valence-corrected chi connectivity index (χ2v) is 8.91. The van der Waals surface area contributed by atoms with Gasteiger partial charge in [0.2, 0.25) is 11.8 Å². The van der Waals surface area contributed by atoms with Crippen LogP contribution >= 0.6 is 11.8 Å². The smallest absolute Gasteiger partial charge is 0.319 e. The average molecular weight is 494 g/mol. The number of methoxy groups -OCH3 is 1. The molecule has 0 bridgehead atoms. The lowest BCUT2D eigenvalue weighted by Gasteiger charge is -2.31. The van der Waals surface area contributed by atoms with Crippen molar-refractivity contribution in [3.63, 3.8) is 0 Å². The maximum Gasteiger partial charge on any atom is 0.319 e. The van der Waals surface area contributed by atoms with Crippen molar-refractivity contribution in [2.75, 3.05) is 24.8 Å². The molecule has 2 amide bonds. The topological polar surface area (TPSA) is 118 Å². The molecule has 9 heteroatoms. The highest BCUT2D eigenvalue weighted by Gasteiger charge is 2.45. The zero-order valence-corrected chi connectivity index (χ0v) is 20.8. The van der Waals surface area contributed by atoms with Crippen LogP contribution in [0.4, 0.5) is 5.69 Å². The van der Waals surface area contributed by atoms with Crippen molar-refractivity contribution in [2.45, 2.75) is 26.7 Å². The second kappa shape index (κ2) is 11.6. The number of nitrogens with zero attached hydrogens (tertiary/aromatic N) is 1. The third kappa shape index (κ3) is 5.84. The van der Waals surface area contributed by atoms with Crippen LogP contribution in [-0.2, 0) is 19.1 Å². The molecule has 0 aliphatic carbocycles. The number of ether oxygens (including phenoxy) is 2. The van der Waals surface area contributed by atoms with Crippen LogP contribution in [0.5, 0.6) is 5.75 Å². The molecule has 0 saturated heterocycles. The van der Waals surface area contributed by atoms with Crippen molar-refractivity contribution >= 4 is 35.2 Å². The van der Waals surface area contributed by atoms with Gasteiger partial charge in [-0.3, -0.25) is 14.4 Å². The van der Waals surface area contributed by atoms with Gasteiger partial charge >= 0.3 is 5.97 Å². The van der Waals surface area contributed by atoms with Crippen LogP contribution in [0.3, 0.4) is 0 Å². The van der Waals surface area contributed by atoms with Gasteiger partial charge in [-0.15, -0.1) is 0 Å². The summed E-state index contributed by atoms with van der Waals surface area (Å²) in [5.74, 6) is -3.43. The molecule has 0 fully saturated rings. The summed E-state index contributed by atoms with van der Waals surface area (Å²) in [6, 6.07) is 14.7. The van der Waals surface area contributed by atoms with Gasteiger partial charge in [0.1, 0.15) is 11.7 Å². The van der Waals surface area contributed by atoms with Crippen molar-refractivity contribution in [1.82, 2.24) is 5.32 Å². The minimum absolute atomic E-state index is 0.0452. The fourth-order valence-corrected chi connectivity index (χ4v) is 4.69. The molecule has 0 saturated carbocycles. The van der Waals surface area contributed by atoms with E-state index in [0.717, 1.165) is 22.9 Å². The predicted octanol–water partition coefficient (Wildman–Crippen LogP) is 3.81. The van der Waals surface area contributed by atoms with Gasteiger partial charge < -0.3 is 20.1 Å². The second-order valence-electron chi connectivity index (χ2n) is 7.93. The number of hydrogen-bond donors (Lipinski definition) is 2. The number of para-hydroxylation sites is 1. The summed E-state index contributed by atoms with van der Waals surface area (Å²) in [5.41, 5.74) is 3.50. The number of amides is 2. The largest absolute Gasteiger partial charge is 0.496 e. The van der Waals surface area contributed by atoms with Gasteiger partial charge in [-0.05, 0) is 50.1 Å². The summed E-state index contributed by atoms with van der Waals surface area (Å²) < 4.78 is 10.6. The summed E-state index contributed by atoms with van der Waals surface area (Å²) in [7, 11) is 1.48. The van der Waals surface area contributed by atoms with E-state index in [1.807, 2.05) is 32.0 Å². The van der Waals surface area contributed by atoms with Gasteiger partial charge in [0.25, 0.3) is 0 Å². The summed E-state index contributed by atoms with van der Waals surface area (Å²) in [6.07, 6.45) is 0. The van der Waals surface area contributed by atoms with Crippen LogP contribution in [0, 0.1) is 31.1 Å². The van der Waals surface area contributed by atoms with Crippen molar-refractivity contribution < 1.29 is 23.9 Å². The molecule has 0 unspecified atom stereocenters. The average Bonchev–Trinajstić information content (AvgIpc) is 2.84. The lowest BCUT2D eigenvalue weighted by atomic mass is 9.78. The molecular weight excluding hydrogens is 466 g/mol. The first kappa shape index (κ1) is 25.8. The molecule has 1 aliphatic rings. The van der Waals surface area contributed by atoms with Gasteiger partial charge in [0.15, 0.2) is 0 Å². The number of allylic oxidation sites excluding steroid dienone is 1. The first-order valence-corrected chi connectivity index (χ1v) is 12.0. The summed E-state index contributed by atoms with van der Waals surface area (Å²) in [4.78, 5) is 38.4. The van der Waals surface area contributed by atoms with Gasteiger partial charge in [-0.1, -0.05) is 36.0 Å². The number of carbonyl (C=O) groups excluding carboxylic acids is 3. The lowest BCUT2D eigenvalue weighted by molar-refractivity contribution is -0.152. The zero-order chi connectivity index (χ0) is 25.5. The van der Waals surface area contributed by atoms with Gasteiger partial charge in [-0.25, -0.2) is 0 Å². The SMILES string of the molecule is CCOC(=O)[C@H]1C(=O)NC(SCC(=O)Nc2ccc(C)c(C)c2)=C(C#N)[C@H]1c1ccccc1OC. The number of esters is 1. The van der Waals surface area contributed by atoms with E-state index >= 15 is 0 Å². The van der Waals surface area contributed by atoms with Crippen molar-refractivity contribution in [3.8, 4) is 11.8 Å². The van der Waals surface area contributed by atoms with Crippen LogP contribution in [-0.4, -0.2) is 37.3 Å². The fraction of sp³-hybridized carbons (Fsp3) is 0.308. The van der Waals surface area contributed by atoms with Crippen LogP contribution in [0.15, 0.2) is 53.1 Å². The number of carbonyl (C=O) groups is 3. The zero-order valence-electron chi connectivity index (χ0n) is 20.0. The van der Waals surface area contributed by atoms with Crippen LogP contribution < -0.4 is 15.4 Å². The summed E-state index contributed by atoms with van der Waals surface area (Å²) in [6.45, 7) is 5.68. The molecule has 0 radical (unpaired) electrons. The molecular formula is C26H27N3O5S. The quantitative estimate of drug-likeness (QED) is 0.424. The van der Waals surface area contributed by atoms with E-state index in [2.05, 4.69) is 16.7 Å². The molecule has 2 aromatic carbocycles. The van der Waals surface area contributed by atoms with Crippen LogP contribution in [0.25, 0.3) is 0 Å². The number of aryl methyl sites for hydroxylation is 2. The van der Waals surface area contributed by atoms with E-state index < -0.39 is 23.7 Å². The Bertz CT molecular complexity index is 1220. The highest BCUT2D eigenvalue weighted by molar-refractivity contribution is 8.03. The predicted molar refractivity (Wildman–Crippen MR) is 134 cm³/mol.